The zero-order chi connectivity index (χ0) is 22.1. The van der Waals surface area contributed by atoms with Gasteiger partial charge in [-0.25, -0.2) is 8.42 Å². The van der Waals surface area contributed by atoms with Crippen molar-refractivity contribution in [1.29, 1.82) is 0 Å². The summed E-state index contributed by atoms with van der Waals surface area (Å²) in [5.41, 5.74) is 3.25. The topological polar surface area (TPSA) is 119 Å². The molecule has 1 aliphatic heterocycles. The van der Waals surface area contributed by atoms with Crippen molar-refractivity contribution >= 4 is 33.0 Å². The molecule has 1 unspecified atom stereocenters. The predicted molar refractivity (Wildman–Crippen MR) is 114 cm³/mol. The first-order valence-corrected chi connectivity index (χ1v) is 11.4. The number of hydrogen-bond acceptors (Lipinski definition) is 6. The second-order valence-corrected chi connectivity index (χ2v) is 9.70. The first kappa shape index (κ1) is 21.8. The van der Waals surface area contributed by atoms with Gasteiger partial charge in [-0.3, -0.25) is 14.3 Å². The van der Waals surface area contributed by atoms with Crippen LogP contribution in [0.3, 0.4) is 0 Å². The van der Waals surface area contributed by atoms with E-state index in [1.165, 1.54) is 14.0 Å². The van der Waals surface area contributed by atoms with Crippen molar-refractivity contribution in [3.8, 4) is 5.75 Å². The van der Waals surface area contributed by atoms with Crippen molar-refractivity contribution in [1.82, 2.24) is 9.78 Å². The summed E-state index contributed by atoms with van der Waals surface area (Å²) in [5, 5.41) is 9.99. The van der Waals surface area contributed by atoms with Crippen LogP contribution in [0.15, 0.2) is 18.2 Å². The Morgan fingerprint density at radius 1 is 1.27 bits per heavy atom. The normalized spacial score (nSPS) is 17.5. The Morgan fingerprint density at radius 3 is 2.60 bits per heavy atom. The number of nitrogens with zero attached hydrogens (tertiary/aromatic N) is 2. The maximum absolute atomic E-state index is 12.7. The SMILES string of the molecule is COc1ccc(NC(C)=O)cc1NC(=O)Cc1c(C)nn(C2CCS(=O)(=O)C2)c1C. The van der Waals surface area contributed by atoms with Gasteiger partial charge in [0.25, 0.3) is 0 Å². The van der Waals surface area contributed by atoms with Crippen molar-refractivity contribution < 1.29 is 22.7 Å². The van der Waals surface area contributed by atoms with Gasteiger partial charge in [0.2, 0.25) is 11.8 Å². The Kier molecular flexibility index (Phi) is 6.16. The molecule has 162 valence electrons. The number of nitrogens with one attached hydrogen (secondary N) is 2. The highest BCUT2D eigenvalue weighted by Crippen LogP contribution is 2.29. The van der Waals surface area contributed by atoms with Gasteiger partial charge in [0.1, 0.15) is 5.75 Å². The van der Waals surface area contributed by atoms with Gasteiger partial charge < -0.3 is 15.4 Å². The monoisotopic (exact) mass is 434 g/mol. The first-order chi connectivity index (χ1) is 14.1. The lowest BCUT2D eigenvalue weighted by molar-refractivity contribution is -0.116. The molecule has 2 aromatic rings. The van der Waals surface area contributed by atoms with Gasteiger partial charge in [-0.1, -0.05) is 0 Å². The molecule has 0 radical (unpaired) electrons. The number of hydrogen-bond donors (Lipinski definition) is 2. The first-order valence-electron chi connectivity index (χ1n) is 9.60. The molecule has 0 saturated carbocycles. The number of amides is 2. The third-order valence-corrected chi connectivity index (χ3v) is 6.91. The number of aryl methyl sites for hydroxylation is 1. The fraction of sp³-hybridized carbons (Fsp3) is 0.450. The minimum atomic E-state index is -3.03. The molecule has 2 heterocycles. The van der Waals surface area contributed by atoms with E-state index < -0.39 is 9.84 Å². The van der Waals surface area contributed by atoms with Crippen LogP contribution in [-0.2, 0) is 25.8 Å². The molecule has 1 aromatic heterocycles. The molecular formula is C20H26N4O5S. The largest absolute Gasteiger partial charge is 0.495 e. The van der Waals surface area contributed by atoms with Gasteiger partial charge in [0.05, 0.1) is 42.5 Å². The van der Waals surface area contributed by atoms with Gasteiger partial charge in [-0.05, 0) is 38.5 Å². The lowest BCUT2D eigenvalue weighted by Crippen LogP contribution is -2.17. The van der Waals surface area contributed by atoms with E-state index in [1.807, 2.05) is 13.8 Å². The molecule has 1 aromatic carbocycles. The quantitative estimate of drug-likeness (QED) is 0.718. The lowest BCUT2D eigenvalue weighted by Gasteiger charge is -2.13. The van der Waals surface area contributed by atoms with Crippen LogP contribution in [0.25, 0.3) is 0 Å². The van der Waals surface area contributed by atoms with Crippen molar-refractivity contribution in [3.63, 3.8) is 0 Å². The standard InChI is InChI=1S/C20H26N4O5S/c1-12-17(13(2)24(23-12)16-7-8-30(27,28)11-16)10-20(26)22-18-9-15(21-14(3)25)5-6-19(18)29-4/h5-6,9,16H,7-8,10-11H2,1-4H3,(H,21,25)(H,22,26). The van der Waals surface area contributed by atoms with Crippen molar-refractivity contribution in [2.24, 2.45) is 0 Å². The van der Waals surface area contributed by atoms with Crippen LogP contribution in [0.4, 0.5) is 11.4 Å². The number of anilines is 2. The van der Waals surface area contributed by atoms with Crippen LogP contribution in [0.2, 0.25) is 0 Å². The zero-order valence-corrected chi connectivity index (χ0v) is 18.3. The summed E-state index contributed by atoms with van der Waals surface area (Å²) in [4.78, 5) is 24.0. The Bertz CT molecular complexity index is 1090. The highest BCUT2D eigenvalue weighted by Gasteiger charge is 2.31. The molecule has 9 nitrogen and oxygen atoms in total. The van der Waals surface area contributed by atoms with Crippen LogP contribution in [-0.4, -0.2) is 48.6 Å². The second kappa shape index (κ2) is 8.47. The number of aromatic nitrogens is 2. The minimum absolute atomic E-state index is 0.0771. The molecule has 0 spiro atoms. The van der Waals surface area contributed by atoms with Crippen LogP contribution in [0, 0.1) is 13.8 Å². The number of ether oxygens (including phenoxy) is 1. The van der Waals surface area contributed by atoms with Crippen LogP contribution in [0.5, 0.6) is 5.75 Å². The number of carbonyl (C=O) groups is 2. The molecular weight excluding hydrogens is 408 g/mol. The molecule has 1 saturated heterocycles. The zero-order valence-electron chi connectivity index (χ0n) is 17.5. The second-order valence-electron chi connectivity index (χ2n) is 7.47. The summed E-state index contributed by atoms with van der Waals surface area (Å²) in [5.74, 6) is 0.227. The molecule has 1 atom stereocenters. The van der Waals surface area contributed by atoms with E-state index >= 15 is 0 Å². The van der Waals surface area contributed by atoms with Crippen LogP contribution < -0.4 is 15.4 Å². The third kappa shape index (κ3) is 4.81. The summed E-state index contributed by atoms with van der Waals surface area (Å²) < 4.78 is 30.7. The average Bonchev–Trinajstić information content (AvgIpc) is 3.15. The van der Waals surface area contributed by atoms with Gasteiger partial charge in [0.15, 0.2) is 9.84 Å². The van der Waals surface area contributed by atoms with Crippen molar-refractivity contribution in [3.05, 3.63) is 35.2 Å². The third-order valence-electron chi connectivity index (χ3n) is 5.16. The van der Waals surface area contributed by atoms with E-state index in [2.05, 4.69) is 15.7 Å². The Balaban J connectivity index is 1.78. The maximum atomic E-state index is 12.7. The molecule has 0 aliphatic carbocycles. The van der Waals surface area contributed by atoms with Crippen molar-refractivity contribution in [2.45, 2.75) is 39.7 Å². The summed E-state index contributed by atoms with van der Waals surface area (Å²) >= 11 is 0. The van der Waals surface area contributed by atoms with E-state index in [1.54, 1.807) is 22.9 Å². The van der Waals surface area contributed by atoms with E-state index in [0.29, 0.717) is 29.2 Å². The number of methoxy groups -OCH3 is 1. The lowest BCUT2D eigenvalue weighted by atomic mass is 10.1. The molecule has 10 heteroatoms. The molecule has 2 N–H and O–H groups in total. The van der Waals surface area contributed by atoms with Crippen LogP contribution >= 0.6 is 0 Å². The molecule has 0 bridgehead atoms. The van der Waals surface area contributed by atoms with E-state index in [-0.39, 0.29) is 35.8 Å². The predicted octanol–water partition coefficient (Wildman–Crippen LogP) is 2.01. The Morgan fingerprint density at radius 2 is 2.00 bits per heavy atom. The fourth-order valence-corrected chi connectivity index (χ4v) is 5.41. The van der Waals surface area contributed by atoms with E-state index in [0.717, 1.165) is 11.3 Å². The number of benzene rings is 1. The Hall–Kier alpha value is -2.88. The Labute approximate surface area is 175 Å². The van der Waals surface area contributed by atoms with E-state index in [4.69, 9.17) is 4.74 Å². The average molecular weight is 435 g/mol. The molecule has 1 aliphatic rings. The molecule has 2 amide bonds. The molecule has 30 heavy (non-hydrogen) atoms. The van der Waals surface area contributed by atoms with Gasteiger partial charge in [-0.15, -0.1) is 0 Å². The van der Waals surface area contributed by atoms with Crippen molar-refractivity contribution in [2.75, 3.05) is 29.2 Å². The number of sulfone groups is 1. The summed E-state index contributed by atoms with van der Waals surface area (Å²) in [6, 6.07) is 4.78. The van der Waals surface area contributed by atoms with Gasteiger partial charge in [-0.2, -0.15) is 5.10 Å². The minimum Gasteiger partial charge on any atom is -0.495 e. The highest BCUT2D eigenvalue weighted by atomic mass is 32.2. The fourth-order valence-electron chi connectivity index (χ4n) is 3.72. The van der Waals surface area contributed by atoms with Crippen LogP contribution in [0.1, 0.15) is 36.3 Å². The number of carbonyl (C=O) groups excluding carboxylic acids is 2. The summed E-state index contributed by atoms with van der Waals surface area (Å²) in [6.45, 7) is 5.07. The summed E-state index contributed by atoms with van der Waals surface area (Å²) in [7, 11) is -1.54. The molecule has 1 fully saturated rings. The number of rotatable bonds is 6. The highest BCUT2D eigenvalue weighted by molar-refractivity contribution is 7.91. The summed E-state index contributed by atoms with van der Waals surface area (Å²) in [6.07, 6.45) is 0.619. The maximum Gasteiger partial charge on any atom is 0.229 e. The van der Waals surface area contributed by atoms with E-state index in [9.17, 15) is 18.0 Å². The molecule has 3 rings (SSSR count). The van der Waals surface area contributed by atoms with Gasteiger partial charge >= 0.3 is 0 Å². The smallest absolute Gasteiger partial charge is 0.229 e. The van der Waals surface area contributed by atoms with Gasteiger partial charge in [0, 0.05) is 23.9 Å².